The molecule has 35 heavy (non-hydrogen) atoms. The maximum atomic E-state index is 13.5. The van der Waals surface area contributed by atoms with Crippen LogP contribution < -0.4 is 4.90 Å². The van der Waals surface area contributed by atoms with Crippen molar-refractivity contribution >= 4 is 15.7 Å². The second kappa shape index (κ2) is 9.28. The van der Waals surface area contributed by atoms with Crippen LogP contribution in [0.1, 0.15) is 18.1 Å². The molecule has 1 fully saturated rings. The zero-order chi connectivity index (χ0) is 24.6. The Hall–Kier alpha value is -3.49. The number of nitrogens with zero attached hydrogens (tertiary/aromatic N) is 4. The van der Waals surface area contributed by atoms with E-state index in [-0.39, 0.29) is 16.8 Å². The molecule has 7 nitrogen and oxygen atoms in total. The molecule has 3 aromatic carbocycles. The Labute approximate surface area is 206 Å². The monoisotopic (exact) mass is 488 g/mol. The predicted octanol–water partition coefficient (Wildman–Crippen LogP) is 4.92. The van der Waals surface area contributed by atoms with Crippen LogP contribution in [0.25, 0.3) is 22.8 Å². The van der Waals surface area contributed by atoms with Crippen molar-refractivity contribution in [3.63, 3.8) is 0 Å². The molecule has 1 aliphatic rings. The maximum Gasteiger partial charge on any atom is 0.258 e. The molecule has 0 bridgehead atoms. The van der Waals surface area contributed by atoms with Gasteiger partial charge < -0.3 is 9.42 Å². The smallest absolute Gasteiger partial charge is 0.258 e. The highest BCUT2D eigenvalue weighted by atomic mass is 32.2. The van der Waals surface area contributed by atoms with Crippen LogP contribution in [0.5, 0.6) is 0 Å². The Kier molecular flexibility index (Phi) is 6.17. The molecule has 0 unspecified atom stereocenters. The van der Waals surface area contributed by atoms with E-state index >= 15 is 0 Å². The second-order valence-electron chi connectivity index (χ2n) is 9.06. The molecule has 5 rings (SSSR count). The van der Waals surface area contributed by atoms with E-state index < -0.39 is 10.0 Å². The molecular formula is C27H28N4O3S. The molecule has 1 aliphatic heterocycles. The topological polar surface area (TPSA) is 79.5 Å². The minimum absolute atomic E-state index is 0.0523. The average Bonchev–Trinajstić information content (AvgIpc) is 3.35. The van der Waals surface area contributed by atoms with Gasteiger partial charge in [0.25, 0.3) is 5.89 Å². The molecule has 1 atom stereocenters. The Bertz CT molecular complexity index is 1450. The molecule has 1 saturated heterocycles. The van der Waals surface area contributed by atoms with Gasteiger partial charge >= 0.3 is 0 Å². The maximum absolute atomic E-state index is 13.5. The summed E-state index contributed by atoms with van der Waals surface area (Å²) in [6.45, 7) is 7.61. The van der Waals surface area contributed by atoms with Gasteiger partial charge in [-0.05, 0) is 56.7 Å². The van der Waals surface area contributed by atoms with Crippen LogP contribution in [-0.4, -0.2) is 48.5 Å². The van der Waals surface area contributed by atoms with Gasteiger partial charge in [-0.1, -0.05) is 53.2 Å². The minimum atomic E-state index is -3.67. The number of aromatic nitrogens is 2. The van der Waals surface area contributed by atoms with Crippen molar-refractivity contribution in [2.75, 3.05) is 24.5 Å². The van der Waals surface area contributed by atoms with Crippen molar-refractivity contribution in [3.05, 3.63) is 83.9 Å². The third-order valence-corrected chi connectivity index (χ3v) is 8.24. The number of rotatable bonds is 5. The summed E-state index contributed by atoms with van der Waals surface area (Å²) in [7, 11) is -3.67. The average molecular weight is 489 g/mol. The van der Waals surface area contributed by atoms with Gasteiger partial charge in [-0.15, -0.1) is 0 Å². The van der Waals surface area contributed by atoms with Gasteiger partial charge in [-0.25, -0.2) is 8.42 Å². The first-order valence-electron chi connectivity index (χ1n) is 11.7. The summed E-state index contributed by atoms with van der Waals surface area (Å²) in [5.41, 5.74) is 4.87. The lowest BCUT2D eigenvalue weighted by Crippen LogP contribution is -2.53. The lowest BCUT2D eigenvalue weighted by Gasteiger charge is -2.40. The van der Waals surface area contributed by atoms with Gasteiger partial charge in [-0.2, -0.15) is 9.29 Å². The van der Waals surface area contributed by atoms with Crippen LogP contribution in [0.3, 0.4) is 0 Å². The Morgan fingerprint density at radius 2 is 1.66 bits per heavy atom. The van der Waals surface area contributed by atoms with Crippen molar-refractivity contribution < 1.29 is 12.9 Å². The van der Waals surface area contributed by atoms with Crippen LogP contribution in [0.2, 0.25) is 0 Å². The Morgan fingerprint density at radius 1 is 0.886 bits per heavy atom. The van der Waals surface area contributed by atoms with Crippen molar-refractivity contribution in [3.8, 4) is 22.8 Å². The molecular weight excluding hydrogens is 460 g/mol. The van der Waals surface area contributed by atoms with E-state index in [0.29, 0.717) is 31.0 Å². The summed E-state index contributed by atoms with van der Waals surface area (Å²) in [4.78, 5) is 6.97. The van der Waals surface area contributed by atoms with Gasteiger partial charge in [-0.3, -0.25) is 0 Å². The van der Waals surface area contributed by atoms with Crippen LogP contribution >= 0.6 is 0 Å². The van der Waals surface area contributed by atoms with Gasteiger partial charge in [0.15, 0.2) is 0 Å². The molecule has 1 aromatic heterocycles. The number of hydrogen-bond donors (Lipinski definition) is 0. The van der Waals surface area contributed by atoms with Crippen LogP contribution in [-0.2, 0) is 10.0 Å². The summed E-state index contributed by atoms with van der Waals surface area (Å²) in [6.07, 6.45) is 0. The van der Waals surface area contributed by atoms with Crippen LogP contribution in [0.15, 0.2) is 82.2 Å². The molecule has 4 aromatic rings. The van der Waals surface area contributed by atoms with Crippen molar-refractivity contribution in [1.82, 2.24) is 14.4 Å². The SMILES string of the molecule is Cc1ccc(-c2noc(-c3cccc(S(=O)(=O)N4CCN(c5cccc(C)c5)[C@H](C)C4)c3)n2)cc1. The van der Waals surface area contributed by atoms with E-state index in [9.17, 15) is 8.42 Å². The summed E-state index contributed by atoms with van der Waals surface area (Å²) >= 11 is 0. The molecule has 0 N–H and O–H groups in total. The number of benzene rings is 3. The molecule has 0 amide bonds. The summed E-state index contributed by atoms with van der Waals surface area (Å²) < 4.78 is 34.1. The van der Waals surface area contributed by atoms with Crippen molar-refractivity contribution in [1.29, 1.82) is 0 Å². The Morgan fingerprint density at radius 3 is 2.40 bits per heavy atom. The fourth-order valence-electron chi connectivity index (χ4n) is 4.43. The molecule has 0 saturated carbocycles. The molecule has 2 heterocycles. The van der Waals surface area contributed by atoms with Crippen LogP contribution in [0.4, 0.5) is 5.69 Å². The van der Waals surface area contributed by atoms with E-state index in [4.69, 9.17) is 4.52 Å². The van der Waals surface area contributed by atoms with E-state index in [2.05, 4.69) is 47.1 Å². The quantitative estimate of drug-likeness (QED) is 0.397. The van der Waals surface area contributed by atoms with E-state index in [1.54, 1.807) is 28.6 Å². The number of aryl methyl sites for hydroxylation is 2. The first-order chi connectivity index (χ1) is 16.8. The third-order valence-electron chi connectivity index (χ3n) is 6.38. The van der Waals surface area contributed by atoms with Gasteiger partial charge in [0.1, 0.15) is 0 Å². The van der Waals surface area contributed by atoms with Crippen molar-refractivity contribution in [2.45, 2.75) is 31.7 Å². The lowest BCUT2D eigenvalue weighted by atomic mass is 10.1. The minimum Gasteiger partial charge on any atom is -0.366 e. The van der Waals surface area contributed by atoms with E-state index in [1.807, 2.05) is 37.3 Å². The highest BCUT2D eigenvalue weighted by Gasteiger charge is 2.32. The third kappa shape index (κ3) is 4.72. The van der Waals surface area contributed by atoms with Gasteiger partial charge in [0, 0.05) is 42.5 Å². The number of sulfonamides is 1. The normalized spacial score (nSPS) is 17.0. The largest absolute Gasteiger partial charge is 0.366 e. The first-order valence-corrected chi connectivity index (χ1v) is 13.1. The predicted molar refractivity (Wildman–Crippen MR) is 137 cm³/mol. The van der Waals surface area contributed by atoms with Gasteiger partial charge in [0.2, 0.25) is 15.8 Å². The lowest BCUT2D eigenvalue weighted by molar-refractivity contribution is 0.342. The molecule has 0 spiro atoms. The fraction of sp³-hybridized carbons (Fsp3) is 0.259. The molecule has 8 heteroatoms. The number of hydrogen-bond acceptors (Lipinski definition) is 6. The molecule has 0 radical (unpaired) electrons. The fourth-order valence-corrected chi connectivity index (χ4v) is 5.99. The zero-order valence-corrected chi connectivity index (χ0v) is 20.9. The van der Waals surface area contributed by atoms with E-state index in [1.165, 1.54) is 5.56 Å². The van der Waals surface area contributed by atoms with E-state index in [0.717, 1.165) is 16.8 Å². The summed E-state index contributed by atoms with van der Waals surface area (Å²) in [5, 5.41) is 4.08. The summed E-state index contributed by atoms with van der Waals surface area (Å²) in [6, 6.07) is 22.9. The van der Waals surface area contributed by atoms with Crippen molar-refractivity contribution in [2.24, 2.45) is 0 Å². The number of anilines is 1. The zero-order valence-electron chi connectivity index (χ0n) is 20.0. The van der Waals surface area contributed by atoms with Gasteiger partial charge in [0.05, 0.1) is 4.90 Å². The van der Waals surface area contributed by atoms with Crippen LogP contribution in [0, 0.1) is 13.8 Å². The number of piperazine rings is 1. The molecule has 180 valence electrons. The summed E-state index contributed by atoms with van der Waals surface area (Å²) in [5.74, 6) is 0.754. The first kappa shape index (κ1) is 23.3. The molecule has 0 aliphatic carbocycles. The highest BCUT2D eigenvalue weighted by molar-refractivity contribution is 7.89. The second-order valence-corrected chi connectivity index (χ2v) is 11.0. The highest BCUT2D eigenvalue weighted by Crippen LogP contribution is 2.28. The Balaban J connectivity index is 1.36. The standard InChI is InChI=1S/C27H28N4O3S/c1-19-10-12-22(13-11-19)26-28-27(34-29-26)23-7-5-9-25(17-23)35(32,33)30-14-15-31(21(3)18-30)24-8-4-6-20(2)16-24/h4-13,16-17,21H,14-15,18H2,1-3H3/t21-/m1/s1.